The summed E-state index contributed by atoms with van der Waals surface area (Å²) in [5.74, 6) is -0.169. The van der Waals surface area contributed by atoms with Crippen LogP contribution in [0.1, 0.15) is 0 Å². The molecule has 0 saturated carbocycles. The van der Waals surface area contributed by atoms with Gasteiger partial charge in [-0.15, -0.1) is 6.58 Å². The molecule has 90 valence electrons. The Bertz CT molecular complexity index is 245. The first kappa shape index (κ1) is 12.9. The third kappa shape index (κ3) is 4.59. The number of ether oxygens (including phenoxy) is 1. The van der Waals surface area contributed by atoms with E-state index < -0.39 is 0 Å². The molecular weight excluding hydrogens is 204 g/mol. The van der Waals surface area contributed by atoms with Gasteiger partial charge < -0.3 is 4.74 Å². The largest absolute Gasteiger partial charge is 0.461 e. The number of hydrogen-bond acceptors (Lipinski definition) is 4. The number of carbonyl (C=O) groups excluding carboxylic acids is 1. The lowest BCUT2D eigenvalue weighted by Crippen LogP contribution is -2.48. The monoisotopic (exact) mass is 224 g/mol. The highest BCUT2D eigenvalue weighted by molar-refractivity contribution is 5.71. The fourth-order valence-electron chi connectivity index (χ4n) is 1.69. The van der Waals surface area contributed by atoms with Gasteiger partial charge in [0.1, 0.15) is 6.61 Å². The lowest BCUT2D eigenvalue weighted by molar-refractivity contribution is -0.144. The Kier molecular flexibility index (Phi) is 5.82. The van der Waals surface area contributed by atoms with Gasteiger partial charge in [-0.25, -0.2) is 0 Å². The van der Waals surface area contributed by atoms with Crippen LogP contribution < -0.4 is 0 Å². The van der Waals surface area contributed by atoms with Gasteiger partial charge in [0, 0.05) is 32.7 Å². The van der Waals surface area contributed by atoms with Gasteiger partial charge in [0.05, 0.1) is 6.54 Å². The summed E-state index contributed by atoms with van der Waals surface area (Å²) in [6, 6.07) is 0. The Morgan fingerprint density at radius 2 is 1.75 bits per heavy atom. The average molecular weight is 224 g/mol. The van der Waals surface area contributed by atoms with E-state index in [0.717, 1.165) is 32.7 Å². The first-order valence-corrected chi connectivity index (χ1v) is 5.58. The molecule has 0 aromatic rings. The van der Waals surface area contributed by atoms with E-state index in [1.807, 2.05) is 6.08 Å². The van der Waals surface area contributed by atoms with Crippen LogP contribution in [0.5, 0.6) is 0 Å². The molecule has 1 rings (SSSR count). The number of hydrogen-bond donors (Lipinski definition) is 0. The van der Waals surface area contributed by atoms with Crippen LogP contribution in [0.15, 0.2) is 25.3 Å². The standard InChI is InChI=1S/C12H20N2O2/c1-3-5-13-6-8-14(9-7-13)11-12(15)16-10-4-2/h3-4H,1-2,5-11H2. The molecule has 0 unspecified atom stereocenters. The summed E-state index contributed by atoms with van der Waals surface area (Å²) in [5.41, 5.74) is 0. The second kappa shape index (κ2) is 7.19. The van der Waals surface area contributed by atoms with Crippen LogP contribution in [0.3, 0.4) is 0 Å². The predicted molar refractivity (Wildman–Crippen MR) is 64.2 cm³/mol. The molecule has 1 aliphatic heterocycles. The lowest BCUT2D eigenvalue weighted by Gasteiger charge is -2.33. The third-order valence-corrected chi connectivity index (χ3v) is 2.57. The van der Waals surface area contributed by atoms with Crippen LogP contribution in [0.2, 0.25) is 0 Å². The zero-order chi connectivity index (χ0) is 11.8. The first-order valence-electron chi connectivity index (χ1n) is 5.58. The summed E-state index contributed by atoms with van der Waals surface area (Å²) in [7, 11) is 0. The number of esters is 1. The second-order valence-electron chi connectivity index (χ2n) is 3.84. The predicted octanol–water partition coefficient (Wildman–Crippen LogP) is 0.519. The van der Waals surface area contributed by atoms with Crippen LogP contribution in [-0.2, 0) is 9.53 Å². The smallest absolute Gasteiger partial charge is 0.320 e. The zero-order valence-electron chi connectivity index (χ0n) is 9.73. The van der Waals surface area contributed by atoms with Crippen molar-refractivity contribution in [2.45, 2.75) is 0 Å². The summed E-state index contributed by atoms with van der Waals surface area (Å²) in [4.78, 5) is 15.8. The summed E-state index contributed by atoms with van der Waals surface area (Å²) < 4.78 is 4.94. The topological polar surface area (TPSA) is 32.8 Å². The molecule has 0 atom stereocenters. The Hall–Kier alpha value is -1.13. The molecule has 1 fully saturated rings. The molecule has 16 heavy (non-hydrogen) atoms. The van der Waals surface area contributed by atoms with E-state index in [1.165, 1.54) is 0 Å². The Balaban J connectivity index is 2.18. The molecule has 0 aromatic carbocycles. The molecular formula is C12H20N2O2. The van der Waals surface area contributed by atoms with Gasteiger partial charge in [-0.2, -0.15) is 0 Å². The molecule has 4 nitrogen and oxygen atoms in total. The normalized spacial score (nSPS) is 18.0. The van der Waals surface area contributed by atoms with Crippen LogP contribution >= 0.6 is 0 Å². The van der Waals surface area contributed by atoms with Crippen molar-refractivity contribution < 1.29 is 9.53 Å². The second-order valence-corrected chi connectivity index (χ2v) is 3.84. The molecule has 0 aromatic heterocycles. The van der Waals surface area contributed by atoms with E-state index in [4.69, 9.17) is 4.74 Å². The van der Waals surface area contributed by atoms with Crippen LogP contribution in [0.25, 0.3) is 0 Å². The summed E-state index contributed by atoms with van der Waals surface area (Å²) in [6.07, 6.45) is 3.49. The molecule has 1 heterocycles. The molecule has 0 bridgehead atoms. The van der Waals surface area contributed by atoms with Gasteiger partial charge in [0.25, 0.3) is 0 Å². The van der Waals surface area contributed by atoms with Crippen molar-refractivity contribution in [3.8, 4) is 0 Å². The van der Waals surface area contributed by atoms with E-state index in [0.29, 0.717) is 13.2 Å². The number of rotatable bonds is 6. The van der Waals surface area contributed by atoms with Crippen molar-refractivity contribution in [3.05, 3.63) is 25.3 Å². The number of nitrogens with zero attached hydrogens (tertiary/aromatic N) is 2. The van der Waals surface area contributed by atoms with Gasteiger partial charge in [-0.1, -0.05) is 18.7 Å². The molecule has 0 amide bonds. The van der Waals surface area contributed by atoms with Crippen molar-refractivity contribution in [1.82, 2.24) is 9.80 Å². The van der Waals surface area contributed by atoms with Crippen LogP contribution in [0, 0.1) is 0 Å². The van der Waals surface area contributed by atoms with Crippen molar-refractivity contribution in [1.29, 1.82) is 0 Å². The summed E-state index contributed by atoms with van der Waals surface area (Å²) in [6.45, 7) is 12.6. The lowest BCUT2D eigenvalue weighted by atomic mass is 10.3. The van der Waals surface area contributed by atoms with Gasteiger partial charge in [0.15, 0.2) is 0 Å². The molecule has 0 spiro atoms. The van der Waals surface area contributed by atoms with E-state index in [1.54, 1.807) is 6.08 Å². The minimum Gasteiger partial charge on any atom is -0.461 e. The summed E-state index contributed by atoms with van der Waals surface area (Å²) >= 11 is 0. The number of carbonyl (C=O) groups is 1. The minimum atomic E-state index is -0.169. The van der Waals surface area contributed by atoms with Gasteiger partial charge in [0.2, 0.25) is 0 Å². The Morgan fingerprint density at radius 1 is 1.12 bits per heavy atom. The van der Waals surface area contributed by atoms with Gasteiger partial charge >= 0.3 is 5.97 Å². The average Bonchev–Trinajstić information content (AvgIpc) is 2.29. The Morgan fingerprint density at radius 3 is 2.31 bits per heavy atom. The fraction of sp³-hybridized carbons (Fsp3) is 0.583. The van der Waals surface area contributed by atoms with E-state index in [-0.39, 0.29) is 5.97 Å². The molecule has 0 radical (unpaired) electrons. The molecule has 1 saturated heterocycles. The van der Waals surface area contributed by atoms with E-state index in [9.17, 15) is 4.79 Å². The van der Waals surface area contributed by atoms with Gasteiger partial charge in [-0.3, -0.25) is 14.6 Å². The SMILES string of the molecule is C=CCOC(=O)CN1CCN(CC=C)CC1. The Labute approximate surface area is 97.2 Å². The van der Waals surface area contributed by atoms with E-state index >= 15 is 0 Å². The van der Waals surface area contributed by atoms with Crippen molar-refractivity contribution >= 4 is 5.97 Å². The summed E-state index contributed by atoms with van der Waals surface area (Å²) in [5, 5.41) is 0. The quantitative estimate of drug-likeness (QED) is 0.486. The highest BCUT2D eigenvalue weighted by Crippen LogP contribution is 2.01. The molecule has 0 aliphatic carbocycles. The highest BCUT2D eigenvalue weighted by atomic mass is 16.5. The zero-order valence-corrected chi connectivity index (χ0v) is 9.73. The minimum absolute atomic E-state index is 0.169. The molecule has 0 N–H and O–H groups in total. The maximum atomic E-state index is 11.3. The maximum Gasteiger partial charge on any atom is 0.320 e. The van der Waals surface area contributed by atoms with Crippen molar-refractivity contribution in [3.63, 3.8) is 0 Å². The third-order valence-electron chi connectivity index (χ3n) is 2.57. The molecule has 1 aliphatic rings. The van der Waals surface area contributed by atoms with Gasteiger partial charge in [-0.05, 0) is 0 Å². The highest BCUT2D eigenvalue weighted by Gasteiger charge is 2.18. The van der Waals surface area contributed by atoms with Crippen molar-refractivity contribution in [2.24, 2.45) is 0 Å². The van der Waals surface area contributed by atoms with Crippen LogP contribution in [0.4, 0.5) is 0 Å². The van der Waals surface area contributed by atoms with Crippen molar-refractivity contribution in [2.75, 3.05) is 45.9 Å². The first-order chi connectivity index (χ1) is 7.76. The maximum absolute atomic E-state index is 11.3. The van der Waals surface area contributed by atoms with Crippen LogP contribution in [-0.4, -0.2) is 61.6 Å². The number of piperazine rings is 1. The fourth-order valence-corrected chi connectivity index (χ4v) is 1.69. The van der Waals surface area contributed by atoms with E-state index in [2.05, 4.69) is 23.0 Å². The molecule has 4 heteroatoms.